The summed E-state index contributed by atoms with van der Waals surface area (Å²) in [5.41, 5.74) is 5.22. The Hall–Kier alpha value is -1.62. The summed E-state index contributed by atoms with van der Waals surface area (Å²) in [7, 11) is 0. The molecule has 18 heavy (non-hydrogen) atoms. The quantitative estimate of drug-likeness (QED) is 0.815. The van der Waals surface area contributed by atoms with Gasteiger partial charge in [-0.3, -0.25) is 0 Å². The summed E-state index contributed by atoms with van der Waals surface area (Å²) in [5.74, 6) is -0.358. The van der Waals surface area contributed by atoms with Crippen molar-refractivity contribution < 1.29 is 18.7 Å². The second kappa shape index (κ2) is 5.82. The molecule has 0 heterocycles. The molecule has 1 unspecified atom stereocenters. The van der Waals surface area contributed by atoms with E-state index in [4.69, 9.17) is 15.2 Å². The Balaban J connectivity index is 2.66. The van der Waals surface area contributed by atoms with Gasteiger partial charge in [0.25, 0.3) is 0 Å². The number of carbonyl (C=O) groups is 1. The molecule has 4 nitrogen and oxygen atoms in total. The Morgan fingerprint density at radius 2 is 2.17 bits per heavy atom. The highest BCUT2D eigenvalue weighted by atomic mass is 19.1. The molecule has 0 aliphatic heterocycles. The molecule has 2 N–H and O–H groups in total. The van der Waals surface area contributed by atoms with Gasteiger partial charge < -0.3 is 15.2 Å². The van der Waals surface area contributed by atoms with Crippen LogP contribution in [0.1, 0.15) is 19.4 Å². The maximum Gasteiger partial charge on any atom is 0.329 e. The van der Waals surface area contributed by atoms with E-state index in [9.17, 15) is 9.18 Å². The minimum atomic E-state index is -1.23. The molecule has 0 aliphatic rings. The van der Waals surface area contributed by atoms with Crippen LogP contribution in [-0.2, 0) is 9.53 Å². The van der Waals surface area contributed by atoms with Crippen molar-refractivity contribution in [1.29, 1.82) is 0 Å². The number of aryl methyl sites for hydroxylation is 1. The summed E-state index contributed by atoms with van der Waals surface area (Å²) in [6, 6.07) is 4.15. The van der Waals surface area contributed by atoms with Crippen LogP contribution < -0.4 is 10.5 Å². The van der Waals surface area contributed by atoms with Gasteiger partial charge in [-0.2, -0.15) is 0 Å². The van der Waals surface area contributed by atoms with Crippen LogP contribution in [0.15, 0.2) is 18.2 Å². The lowest BCUT2D eigenvalue weighted by molar-refractivity contribution is -0.150. The molecule has 0 aliphatic carbocycles. The van der Waals surface area contributed by atoms with E-state index in [2.05, 4.69) is 0 Å². The third-order valence-corrected chi connectivity index (χ3v) is 2.41. The van der Waals surface area contributed by atoms with Crippen molar-refractivity contribution >= 4 is 5.97 Å². The number of carbonyl (C=O) groups excluding carboxylic acids is 1. The van der Waals surface area contributed by atoms with Gasteiger partial charge in [-0.15, -0.1) is 0 Å². The highest BCUT2D eigenvalue weighted by Gasteiger charge is 2.31. The standard InChI is InChI=1S/C13H18FNO3/c1-4-17-12(16)13(3,15)8-18-11-6-5-10(14)7-9(11)2/h5-7H,4,8,15H2,1-3H3. The minimum Gasteiger partial charge on any atom is -0.491 e. The van der Waals surface area contributed by atoms with Crippen LogP contribution in [0.5, 0.6) is 5.75 Å². The van der Waals surface area contributed by atoms with E-state index < -0.39 is 11.5 Å². The number of nitrogens with two attached hydrogens (primary N) is 1. The number of ether oxygens (including phenoxy) is 2. The zero-order valence-corrected chi connectivity index (χ0v) is 10.8. The molecule has 0 saturated heterocycles. The normalized spacial score (nSPS) is 13.8. The first-order valence-corrected chi connectivity index (χ1v) is 5.72. The van der Waals surface area contributed by atoms with Gasteiger partial charge in [-0.05, 0) is 44.5 Å². The Morgan fingerprint density at radius 3 is 2.72 bits per heavy atom. The van der Waals surface area contributed by atoms with Crippen molar-refractivity contribution in [2.24, 2.45) is 5.73 Å². The second-order valence-corrected chi connectivity index (χ2v) is 4.34. The fourth-order valence-electron chi connectivity index (χ4n) is 1.36. The van der Waals surface area contributed by atoms with Gasteiger partial charge in [0.05, 0.1) is 6.61 Å². The monoisotopic (exact) mass is 255 g/mol. The Labute approximate surface area is 106 Å². The highest BCUT2D eigenvalue weighted by molar-refractivity contribution is 5.80. The molecule has 0 fully saturated rings. The van der Waals surface area contributed by atoms with Gasteiger partial charge in [0, 0.05) is 0 Å². The van der Waals surface area contributed by atoms with Crippen molar-refractivity contribution in [2.45, 2.75) is 26.3 Å². The molecule has 0 spiro atoms. The molecule has 0 radical (unpaired) electrons. The van der Waals surface area contributed by atoms with Gasteiger partial charge >= 0.3 is 5.97 Å². The highest BCUT2D eigenvalue weighted by Crippen LogP contribution is 2.19. The lowest BCUT2D eigenvalue weighted by atomic mass is 10.1. The average molecular weight is 255 g/mol. The summed E-state index contributed by atoms with van der Waals surface area (Å²) in [4.78, 5) is 11.5. The number of hydrogen-bond donors (Lipinski definition) is 1. The van der Waals surface area contributed by atoms with Crippen molar-refractivity contribution in [1.82, 2.24) is 0 Å². The van der Waals surface area contributed by atoms with Crippen molar-refractivity contribution in [3.63, 3.8) is 0 Å². The van der Waals surface area contributed by atoms with Crippen LogP contribution in [0.4, 0.5) is 4.39 Å². The number of benzene rings is 1. The molecular formula is C13H18FNO3. The third-order valence-electron chi connectivity index (χ3n) is 2.41. The molecule has 5 heteroatoms. The van der Waals surface area contributed by atoms with Gasteiger partial charge in [-0.1, -0.05) is 0 Å². The van der Waals surface area contributed by atoms with E-state index >= 15 is 0 Å². The number of halogens is 1. The van der Waals surface area contributed by atoms with Crippen molar-refractivity contribution in [3.05, 3.63) is 29.6 Å². The number of hydrogen-bond acceptors (Lipinski definition) is 4. The molecule has 1 rings (SSSR count). The largest absolute Gasteiger partial charge is 0.491 e. The van der Waals surface area contributed by atoms with Gasteiger partial charge in [0.2, 0.25) is 0 Å². The average Bonchev–Trinajstić information content (AvgIpc) is 2.28. The van der Waals surface area contributed by atoms with Crippen LogP contribution >= 0.6 is 0 Å². The van der Waals surface area contributed by atoms with E-state index in [0.29, 0.717) is 11.3 Å². The van der Waals surface area contributed by atoms with E-state index in [1.807, 2.05) is 0 Å². The van der Waals surface area contributed by atoms with E-state index in [0.717, 1.165) is 0 Å². The summed E-state index contributed by atoms with van der Waals surface area (Å²) in [6.45, 7) is 5.19. The van der Waals surface area contributed by atoms with Crippen LogP contribution in [0.25, 0.3) is 0 Å². The molecular weight excluding hydrogens is 237 g/mol. The van der Waals surface area contributed by atoms with Gasteiger partial charge in [-0.25, -0.2) is 9.18 Å². The Morgan fingerprint density at radius 1 is 1.50 bits per heavy atom. The Bertz CT molecular complexity index is 432. The summed E-state index contributed by atoms with van der Waals surface area (Å²) in [6.07, 6.45) is 0. The molecule has 1 atom stereocenters. The van der Waals surface area contributed by atoms with E-state index in [1.165, 1.54) is 25.1 Å². The maximum atomic E-state index is 12.9. The predicted octanol–water partition coefficient (Wildman–Crippen LogP) is 1.79. The first-order valence-electron chi connectivity index (χ1n) is 5.72. The molecule has 0 aromatic heterocycles. The summed E-state index contributed by atoms with van der Waals surface area (Å²) in [5, 5.41) is 0. The number of esters is 1. The molecule has 0 amide bonds. The molecule has 0 saturated carbocycles. The third kappa shape index (κ3) is 3.70. The zero-order valence-electron chi connectivity index (χ0n) is 10.8. The molecule has 1 aromatic carbocycles. The molecule has 0 bridgehead atoms. The van der Waals surface area contributed by atoms with Gasteiger partial charge in [0.15, 0.2) is 0 Å². The predicted molar refractivity (Wildman–Crippen MR) is 65.9 cm³/mol. The van der Waals surface area contributed by atoms with Crippen molar-refractivity contribution in [2.75, 3.05) is 13.2 Å². The van der Waals surface area contributed by atoms with E-state index in [1.54, 1.807) is 13.8 Å². The van der Waals surface area contributed by atoms with Crippen LogP contribution in [0, 0.1) is 12.7 Å². The molecule has 100 valence electrons. The second-order valence-electron chi connectivity index (χ2n) is 4.34. The van der Waals surface area contributed by atoms with Crippen molar-refractivity contribution in [3.8, 4) is 5.75 Å². The maximum absolute atomic E-state index is 12.9. The number of rotatable bonds is 5. The van der Waals surface area contributed by atoms with Crippen LogP contribution in [0.3, 0.4) is 0 Å². The lowest BCUT2D eigenvalue weighted by Gasteiger charge is -2.22. The van der Waals surface area contributed by atoms with Crippen LogP contribution in [-0.4, -0.2) is 24.7 Å². The molecule has 1 aromatic rings. The minimum absolute atomic E-state index is 0.0295. The summed E-state index contributed by atoms with van der Waals surface area (Å²) >= 11 is 0. The lowest BCUT2D eigenvalue weighted by Crippen LogP contribution is -2.51. The fraction of sp³-hybridized carbons (Fsp3) is 0.462. The van der Waals surface area contributed by atoms with E-state index in [-0.39, 0.29) is 19.0 Å². The first-order chi connectivity index (χ1) is 8.36. The fourth-order valence-corrected chi connectivity index (χ4v) is 1.36. The SMILES string of the molecule is CCOC(=O)C(C)(N)COc1ccc(F)cc1C. The Kier molecular flexibility index (Phi) is 4.67. The van der Waals surface area contributed by atoms with Gasteiger partial charge in [0.1, 0.15) is 23.7 Å². The summed E-state index contributed by atoms with van der Waals surface area (Å²) < 4.78 is 23.2. The topological polar surface area (TPSA) is 61.5 Å². The van der Waals surface area contributed by atoms with Crippen LogP contribution in [0.2, 0.25) is 0 Å². The first kappa shape index (κ1) is 14.4. The smallest absolute Gasteiger partial charge is 0.329 e. The zero-order chi connectivity index (χ0) is 13.8.